The molecule has 1 aromatic heterocycles. The molecule has 3 aliphatic rings. The summed E-state index contributed by atoms with van der Waals surface area (Å²) in [6.07, 6.45) is 1.62. The molecule has 1 aromatic carbocycles. The zero-order valence-electron chi connectivity index (χ0n) is 22.4. The van der Waals surface area contributed by atoms with E-state index in [9.17, 15) is 19.2 Å². The fraction of sp³-hybridized carbons (Fsp3) is 0.517. The number of carbonyl (C=O) groups is 4. The van der Waals surface area contributed by atoms with Crippen LogP contribution in [0.2, 0.25) is 0 Å². The molecule has 0 spiro atoms. The van der Waals surface area contributed by atoms with Crippen LogP contribution in [0.1, 0.15) is 36.5 Å². The molecule has 3 amide bonds. The Hall–Kier alpha value is -3.08. The standard InChI is InChI=1S/C29H37N5O4S/c1-20(8-10-31-29(38)22-6-4-21(5-7-22)25-3-2-16-39-25)17-26(36)33-13-9-23-28(33)24(35)18-34(23)27(37)19-32-14-11-30-12-15-32/h2-7,16,20,23,28,30H,8-15,17-19H2,1H3,(H,31,38). The Labute approximate surface area is 233 Å². The summed E-state index contributed by atoms with van der Waals surface area (Å²) in [5.74, 6) is -0.173. The average Bonchev–Trinajstić information content (AvgIpc) is 3.68. The molecule has 3 saturated heterocycles. The summed E-state index contributed by atoms with van der Waals surface area (Å²) >= 11 is 1.66. The number of nitrogens with zero attached hydrogens (tertiary/aromatic N) is 3. The van der Waals surface area contributed by atoms with E-state index in [0.717, 1.165) is 31.7 Å². The third-order valence-corrected chi connectivity index (χ3v) is 8.95. The van der Waals surface area contributed by atoms with Gasteiger partial charge in [-0.2, -0.15) is 0 Å². The molecular weight excluding hydrogens is 514 g/mol. The summed E-state index contributed by atoms with van der Waals surface area (Å²) in [6, 6.07) is 10.9. The summed E-state index contributed by atoms with van der Waals surface area (Å²) < 4.78 is 0. The number of thiophene rings is 1. The first-order valence-corrected chi connectivity index (χ1v) is 14.8. The van der Waals surface area contributed by atoms with E-state index in [1.165, 1.54) is 4.88 Å². The molecule has 9 nitrogen and oxygen atoms in total. The van der Waals surface area contributed by atoms with Crippen LogP contribution in [0.3, 0.4) is 0 Å². The Morgan fingerprint density at radius 3 is 2.54 bits per heavy atom. The van der Waals surface area contributed by atoms with E-state index in [0.29, 0.717) is 44.5 Å². The quantitative estimate of drug-likeness (QED) is 0.493. The molecule has 0 saturated carbocycles. The first kappa shape index (κ1) is 27.5. The maximum Gasteiger partial charge on any atom is 0.251 e. The summed E-state index contributed by atoms with van der Waals surface area (Å²) in [6.45, 7) is 6.78. The summed E-state index contributed by atoms with van der Waals surface area (Å²) in [7, 11) is 0. The monoisotopic (exact) mass is 551 g/mol. The lowest BCUT2D eigenvalue weighted by Crippen LogP contribution is -2.50. The Balaban J connectivity index is 1.06. The molecule has 3 aliphatic heterocycles. The molecular formula is C29H37N5O4S. The van der Waals surface area contributed by atoms with E-state index < -0.39 is 6.04 Å². The number of carbonyl (C=O) groups excluding carboxylic acids is 4. The Bertz CT molecular complexity index is 1180. The van der Waals surface area contributed by atoms with Crippen LogP contribution in [0, 0.1) is 5.92 Å². The van der Waals surface area contributed by atoms with Gasteiger partial charge in [0, 0.05) is 56.1 Å². The number of nitrogens with one attached hydrogen (secondary N) is 2. The molecule has 208 valence electrons. The zero-order valence-corrected chi connectivity index (χ0v) is 23.3. The SMILES string of the molecule is CC(CCNC(=O)c1ccc(-c2cccs2)cc1)CC(=O)N1CCC2C1C(=O)CN2C(=O)CN1CCNCC1. The largest absolute Gasteiger partial charge is 0.352 e. The number of Topliss-reactive ketones (excluding diaryl/α,β-unsaturated/α-hetero) is 1. The van der Waals surface area contributed by atoms with Crippen molar-refractivity contribution in [1.29, 1.82) is 0 Å². The molecule has 2 aromatic rings. The van der Waals surface area contributed by atoms with Crippen molar-refractivity contribution in [1.82, 2.24) is 25.3 Å². The van der Waals surface area contributed by atoms with E-state index in [1.54, 1.807) is 21.1 Å². The first-order valence-electron chi connectivity index (χ1n) is 13.9. The Kier molecular flexibility index (Phi) is 8.74. The molecule has 10 heteroatoms. The summed E-state index contributed by atoms with van der Waals surface area (Å²) in [5, 5.41) is 8.27. The van der Waals surface area contributed by atoms with Crippen molar-refractivity contribution in [2.45, 2.75) is 38.3 Å². The maximum absolute atomic E-state index is 13.2. The van der Waals surface area contributed by atoms with E-state index >= 15 is 0 Å². The highest BCUT2D eigenvalue weighted by molar-refractivity contribution is 7.13. The maximum atomic E-state index is 13.2. The number of piperazine rings is 1. The van der Waals surface area contributed by atoms with E-state index in [1.807, 2.05) is 42.6 Å². The lowest BCUT2D eigenvalue weighted by atomic mass is 10.0. The Morgan fingerprint density at radius 2 is 1.82 bits per heavy atom. The lowest BCUT2D eigenvalue weighted by molar-refractivity contribution is -0.137. The van der Waals surface area contributed by atoms with Gasteiger partial charge < -0.3 is 20.4 Å². The van der Waals surface area contributed by atoms with Crippen LogP contribution in [-0.2, 0) is 14.4 Å². The Morgan fingerprint density at radius 1 is 1.05 bits per heavy atom. The number of ketones is 1. The van der Waals surface area contributed by atoms with Crippen molar-refractivity contribution >= 4 is 34.8 Å². The third-order valence-electron chi connectivity index (χ3n) is 8.03. The van der Waals surface area contributed by atoms with Crippen molar-refractivity contribution in [2.24, 2.45) is 5.92 Å². The van der Waals surface area contributed by atoms with Gasteiger partial charge in [0.2, 0.25) is 11.8 Å². The minimum absolute atomic E-state index is 0.0164. The molecule has 4 heterocycles. The van der Waals surface area contributed by atoms with Crippen LogP contribution in [-0.4, -0.2) is 103 Å². The lowest BCUT2D eigenvalue weighted by Gasteiger charge is -2.30. The molecule has 0 radical (unpaired) electrons. The summed E-state index contributed by atoms with van der Waals surface area (Å²) in [4.78, 5) is 58.3. The number of rotatable bonds is 9. The molecule has 39 heavy (non-hydrogen) atoms. The summed E-state index contributed by atoms with van der Waals surface area (Å²) in [5.41, 5.74) is 1.70. The van der Waals surface area contributed by atoms with Crippen LogP contribution < -0.4 is 10.6 Å². The molecule has 2 N–H and O–H groups in total. The van der Waals surface area contributed by atoms with Gasteiger partial charge in [0.15, 0.2) is 5.78 Å². The third kappa shape index (κ3) is 6.40. The number of benzene rings is 1. The molecule has 0 aliphatic carbocycles. The van der Waals surface area contributed by atoms with Gasteiger partial charge in [0.25, 0.3) is 5.91 Å². The van der Waals surface area contributed by atoms with Crippen molar-refractivity contribution in [3.05, 3.63) is 47.3 Å². The fourth-order valence-corrected chi connectivity index (χ4v) is 6.59. The van der Waals surface area contributed by atoms with Crippen molar-refractivity contribution < 1.29 is 19.2 Å². The van der Waals surface area contributed by atoms with Gasteiger partial charge >= 0.3 is 0 Å². The van der Waals surface area contributed by atoms with E-state index in [-0.39, 0.29) is 42.0 Å². The highest BCUT2D eigenvalue weighted by Gasteiger charge is 2.51. The normalized spacial score (nSPS) is 22.1. The van der Waals surface area contributed by atoms with Gasteiger partial charge in [-0.25, -0.2) is 0 Å². The number of hydrogen-bond acceptors (Lipinski definition) is 7. The second kappa shape index (κ2) is 12.4. The molecule has 3 fully saturated rings. The van der Waals surface area contributed by atoms with Crippen LogP contribution >= 0.6 is 11.3 Å². The van der Waals surface area contributed by atoms with Crippen LogP contribution in [0.25, 0.3) is 10.4 Å². The number of likely N-dealkylation sites (tertiary alicyclic amines) is 2. The van der Waals surface area contributed by atoms with E-state index in [2.05, 4.69) is 21.6 Å². The molecule has 5 rings (SSSR count). The van der Waals surface area contributed by atoms with Crippen LogP contribution in [0.4, 0.5) is 0 Å². The van der Waals surface area contributed by atoms with Crippen molar-refractivity contribution in [3.63, 3.8) is 0 Å². The number of amides is 3. The molecule has 3 unspecified atom stereocenters. The predicted octanol–water partition coefficient (Wildman–Crippen LogP) is 1.85. The number of hydrogen-bond donors (Lipinski definition) is 2. The fourth-order valence-electron chi connectivity index (χ4n) is 5.85. The second-order valence-electron chi connectivity index (χ2n) is 10.8. The smallest absolute Gasteiger partial charge is 0.251 e. The van der Waals surface area contributed by atoms with Crippen LogP contribution in [0.5, 0.6) is 0 Å². The van der Waals surface area contributed by atoms with Gasteiger partial charge in [0.05, 0.1) is 19.1 Å². The van der Waals surface area contributed by atoms with Gasteiger partial charge in [-0.05, 0) is 47.9 Å². The minimum atomic E-state index is -0.520. The molecule has 3 atom stereocenters. The molecule has 0 bridgehead atoms. The van der Waals surface area contributed by atoms with Gasteiger partial charge in [-0.1, -0.05) is 25.1 Å². The van der Waals surface area contributed by atoms with Crippen molar-refractivity contribution in [2.75, 3.05) is 52.4 Å². The minimum Gasteiger partial charge on any atom is -0.352 e. The second-order valence-corrected chi connectivity index (χ2v) is 11.8. The number of fused-ring (bicyclic) bond motifs is 1. The van der Waals surface area contributed by atoms with Crippen LogP contribution in [0.15, 0.2) is 41.8 Å². The topological polar surface area (TPSA) is 102 Å². The van der Waals surface area contributed by atoms with Gasteiger partial charge in [0.1, 0.15) is 6.04 Å². The zero-order chi connectivity index (χ0) is 27.4. The van der Waals surface area contributed by atoms with Gasteiger partial charge in [-0.3, -0.25) is 24.1 Å². The highest BCUT2D eigenvalue weighted by atomic mass is 32.1. The highest BCUT2D eigenvalue weighted by Crippen LogP contribution is 2.31. The average molecular weight is 552 g/mol. The van der Waals surface area contributed by atoms with Gasteiger partial charge in [-0.15, -0.1) is 11.3 Å². The van der Waals surface area contributed by atoms with E-state index in [4.69, 9.17) is 0 Å². The predicted molar refractivity (Wildman–Crippen MR) is 150 cm³/mol. The first-order chi connectivity index (χ1) is 18.9. The van der Waals surface area contributed by atoms with Crippen molar-refractivity contribution in [3.8, 4) is 10.4 Å².